The van der Waals surface area contributed by atoms with Crippen LogP contribution in [0.3, 0.4) is 0 Å². The van der Waals surface area contributed by atoms with Crippen LogP contribution in [0.2, 0.25) is 0 Å². The Balaban J connectivity index is 2.60. The van der Waals surface area contributed by atoms with Gasteiger partial charge in [-0.25, -0.2) is 4.85 Å². The average Bonchev–Trinajstić information content (AvgIpc) is 2.18. The topological polar surface area (TPSA) is 4.36 Å². The van der Waals surface area contributed by atoms with E-state index in [-0.39, 0.29) is 0 Å². The van der Waals surface area contributed by atoms with Gasteiger partial charge < -0.3 is 0 Å². The van der Waals surface area contributed by atoms with Crippen molar-refractivity contribution in [1.29, 1.82) is 0 Å². The Kier molecular flexibility index (Phi) is 4.92. The highest BCUT2D eigenvalue weighted by atomic mass is 79.9. The fraction of sp³-hybridized carbons (Fsp3) is 0.182. The SMILES string of the molecule is [C-]#[N+]c1cccc(CCC=C(Br)Br)c1. The van der Waals surface area contributed by atoms with Gasteiger partial charge in [0.2, 0.25) is 0 Å². The van der Waals surface area contributed by atoms with Crippen molar-refractivity contribution in [2.45, 2.75) is 12.8 Å². The fourth-order valence-electron chi connectivity index (χ4n) is 1.13. The maximum atomic E-state index is 6.88. The molecule has 1 aromatic rings. The normalized spacial score (nSPS) is 9.21. The molecule has 0 saturated carbocycles. The molecule has 0 aromatic heterocycles. The molecule has 1 rings (SSSR count). The maximum Gasteiger partial charge on any atom is 0.187 e. The van der Waals surface area contributed by atoms with Gasteiger partial charge in [-0.3, -0.25) is 0 Å². The first-order valence-corrected chi connectivity index (χ1v) is 5.78. The molecule has 0 aliphatic rings. The molecule has 1 aromatic carbocycles. The van der Waals surface area contributed by atoms with E-state index < -0.39 is 0 Å². The van der Waals surface area contributed by atoms with Crippen LogP contribution in [-0.2, 0) is 6.42 Å². The van der Waals surface area contributed by atoms with E-state index in [1.165, 1.54) is 5.56 Å². The number of hydrogen-bond donors (Lipinski definition) is 0. The lowest BCUT2D eigenvalue weighted by atomic mass is 10.1. The molecule has 0 saturated heterocycles. The molecule has 1 nitrogen and oxygen atoms in total. The second-order valence-corrected chi connectivity index (χ2v) is 5.59. The standard InChI is InChI=1S/C11H9Br2N/c1-14-10-6-2-4-9(8-10)5-3-7-11(12)13/h2,4,6-8H,3,5H2. The lowest BCUT2D eigenvalue weighted by molar-refractivity contribution is 1.00. The number of nitrogens with zero attached hydrogens (tertiary/aromatic N) is 1. The lowest BCUT2D eigenvalue weighted by Gasteiger charge is -1.98. The third kappa shape index (κ3) is 4.08. The number of benzene rings is 1. The molecule has 3 heteroatoms. The summed E-state index contributed by atoms with van der Waals surface area (Å²) in [5.41, 5.74) is 1.92. The summed E-state index contributed by atoms with van der Waals surface area (Å²) < 4.78 is 0.978. The van der Waals surface area contributed by atoms with Crippen molar-refractivity contribution in [2.75, 3.05) is 0 Å². The molecular weight excluding hydrogens is 306 g/mol. The van der Waals surface area contributed by atoms with Gasteiger partial charge in [0.15, 0.2) is 5.69 Å². The minimum atomic E-state index is 0.712. The van der Waals surface area contributed by atoms with E-state index in [0.717, 1.165) is 16.2 Å². The van der Waals surface area contributed by atoms with Crippen molar-refractivity contribution in [3.8, 4) is 0 Å². The van der Waals surface area contributed by atoms with E-state index in [4.69, 9.17) is 6.57 Å². The first-order chi connectivity index (χ1) is 6.72. The van der Waals surface area contributed by atoms with E-state index >= 15 is 0 Å². The minimum absolute atomic E-state index is 0.712. The van der Waals surface area contributed by atoms with Crippen LogP contribution in [0.4, 0.5) is 5.69 Å². The Morgan fingerprint density at radius 3 is 2.86 bits per heavy atom. The van der Waals surface area contributed by atoms with Crippen LogP contribution in [-0.4, -0.2) is 0 Å². The zero-order valence-electron chi connectivity index (χ0n) is 7.50. The summed E-state index contributed by atoms with van der Waals surface area (Å²) >= 11 is 6.61. The zero-order valence-corrected chi connectivity index (χ0v) is 10.7. The number of hydrogen-bond acceptors (Lipinski definition) is 0. The van der Waals surface area contributed by atoms with Crippen molar-refractivity contribution in [3.63, 3.8) is 0 Å². The van der Waals surface area contributed by atoms with E-state index in [2.05, 4.69) is 42.8 Å². The third-order valence-electron chi connectivity index (χ3n) is 1.77. The second-order valence-electron chi connectivity index (χ2n) is 2.81. The van der Waals surface area contributed by atoms with Gasteiger partial charge in [-0.05, 0) is 44.7 Å². The van der Waals surface area contributed by atoms with Crippen LogP contribution in [0.5, 0.6) is 0 Å². The molecule has 0 amide bonds. The molecule has 14 heavy (non-hydrogen) atoms. The number of aryl methyl sites for hydroxylation is 1. The molecule has 0 spiro atoms. The molecule has 0 heterocycles. The number of allylic oxidation sites excluding steroid dienone is 1. The van der Waals surface area contributed by atoms with Gasteiger partial charge in [0.25, 0.3) is 0 Å². The van der Waals surface area contributed by atoms with E-state index in [1.54, 1.807) is 0 Å². The highest BCUT2D eigenvalue weighted by molar-refractivity contribution is 9.28. The van der Waals surface area contributed by atoms with Gasteiger partial charge in [0, 0.05) is 0 Å². The molecule has 0 bridgehead atoms. The van der Waals surface area contributed by atoms with Gasteiger partial charge in [-0.2, -0.15) is 0 Å². The van der Waals surface area contributed by atoms with Crippen molar-refractivity contribution >= 4 is 37.5 Å². The van der Waals surface area contributed by atoms with Crippen molar-refractivity contribution in [1.82, 2.24) is 0 Å². The average molecular weight is 315 g/mol. The quantitative estimate of drug-likeness (QED) is 0.706. The number of rotatable bonds is 3. The van der Waals surface area contributed by atoms with Crippen LogP contribution in [0.15, 0.2) is 33.7 Å². The van der Waals surface area contributed by atoms with Crippen LogP contribution >= 0.6 is 31.9 Å². The molecule has 0 fully saturated rings. The van der Waals surface area contributed by atoms with E-state index in [1.807, 2.05) is 24.3 Å². The molecule has 0 N–H and O–H groups in total. The summed E-state index contributed by atoms with van der Waals surface area (Å²) in [5, 5.41) is 0. The predicted octanol–water partition coefficient (Wildman–Crippen LogP) is 4.80. The summed E-state index contributed by atoms with van der Waals surface area (Å²) in [4.78, 5) is 3.39. The molecular formula is C11H9Br2N. The van der Waals surface area contributed by atoms with Crippen molar-refractivity contribution in [2.24, 2.45) is 0 Å². The van der Waals surface area contributed by atoms with Gasteiger partial charge in [-0.1, -0.05) is 35.9 Å². The monoisotopic (exact) mass is 313 g/mol. The zero-order chi connectivity index (χ0) is 10.4. The highest BCUT2D eigenvalue weighted by Crippen LogP contribution is 2.17. The van der Waals surface area contributed by atoms with Crippen LogP contribution in [0, 0.1) is 6.57 Å². The number of halogens is 2. The lowest BCUT2D eigenvalue weighted by Crippen LogP contribution is -1.81. The summed E-state index contributed by atoms with van der Waals surface area (Å²) in [5.74, 6) is 0. The summed E-state index contributed by atoms with van der Waals surface area (Å²) in [7, 11) is 0. The van der Waals surface area contributed by atoms with Crippen molar-refractivity contribution < 1.29 is 0 Å². The van der Waals surface area contributed by atoms with E-state index in [9.17, 15) is 0 Å². The fourth-order valence-corrected chi connectivity index (χ4v) is 1.59. The summed E-state index contributed by atoms with van der Waals surface area (Å²) in [6.07, 6.45) is 3.99. The Morgan fingerprint density at radius 1 is 1.43 bits per heavy atom. The molecule has 0 radical (unpaired) electrons. The maximum absolute atomic E-state index is 6.88. The molecule has 0 aliphatic heterocycles. The van der Waals surface area contributed by atoms with Gasteiger partial charge in [0.1, 0.15) is 0 Å². The largest absolute Gasteiger partial charge is 0.238 e. The summed E-state index contributed by atoms with van der Waals surface area (Å²) in [6, 6.07) is 7.73. The molecule has 0 unspecified atom stereocenters. The molecule has 0 atom stereocenters. The predicted molar refractivity (Wildman–Crippen MR) is 67.0 cm³/mol. The Bertz CT molecular complexity index is 373. The van der Waals surface area contributed by atoms with Gasteiger partial charge in [-0.15, -0.1) is 0 Å². The third-order valence-corrected chi connectivity index (χ3v) is 2.42. The van der Waals surface area contributed by atoms with Crippen LogP contribution < -0.4 is 0 Å². The van der Waals surface area contributed by atoms with Crippen LogP contribution in [0.1, 0.15) is 12.0 Å². The van der Waals surface area contributed by atoms with Crippen molar-refractivity contribution in [3.05, 3.63) is 50.7 Å². The van der Waals surface area contributed by atoms with Crippen LogP contribution in [0.25, 0.3) is 4.85 Å². The first-order valence-electron chi connectivity index (χ1n) is 4.20. The first kappa shape index (κ1) is 11.5. The molecule has 72 valence electrons. The smallest absolute Gasteiger partial charge is 0.187 e. The Hall–Kier alpha value is -0.590. The summed E-state index contributed by atoms with van der Waals surface area (Å²) in [6.45, 7) is 6.88. The molecule has 0 aliphatic carbocycles. The van der Waals surface area contributed by atoms with E-state index in [0.29, 0.717) is 5.69 Å². The highest BCUT2D eigenvalue weighted by Gasteiger charge is 1.94. The Morgan fingerprint density at radius 2 is 2.21 bits per heavy atom. The van der Waals surface area contributed by atoms with Gasteiger partial charge >= 0.3 is 0 Å². The minimum Gasteiger partial charge on any atom is -0.238 e. The van der Waals surface area contributed by atoms with Gasteiger partial charge in [0.05, 0.1) is 9.96 Å². The second kappa shape index (κ2) is 6.00. The Labute approximate surface area is 101 Å².